The molecule has 0 atom stereocenters. The van der Waals surface area contributed by atoms with Gasteiger partial charge in [-0.3, -0.25) is 9.89 Å². The number of ether oxygens (including phenoxy) is 1. The number of aromatic amines is 1. The lowest BCUT2D eigenvalue weighted by atomic mass is 10.1. The number of pyridine rings is 1. The minimum Gasteiger partial charge on any atom is -0.480 e. The number of rotatable bonds is 5. The van der Waals surface area contributed by atoms with Crippen molar-refractivity contribution in [3.05, 3.63) is 83.2 Å². The van der Waals surface area contributed by atoms with E-state index in [0.29, 0.717) is 16.6 Å². The van der Waals surface area contributed by atoms with Crippen molar-refractivity contribution in [2.75, 3.05) is 12.4 Å². The van der Waals surface area contributed by atoms with Gasteiger partial charge in [-0.1, -0.05) is 18.2 Å². The Hall–Kier alpha value is -4.07. The number of halogens is 2. The Bertz CT molecular complexity index is 1250. The summed E-state index contributed by atoms with van der Waals surface area (Å²) in [5.74, 6) is -1.34. The summed E-state index contributed by atoms with van der Waals surface area (Å²) in [7, 11) is 1.40. The number of hydrogen-bond acceptors (Lipinski definition) is 4. The van der Waals surface area contributed by atoms with Crippen LogP contribution >= 0.6 is 0 Å². The van der Waals surface area contributed by atoms with Gasteiger partial charge in [0.1, 0.15) is 17.2 Å². The van der Waals surface area contributed by atoms with Crippen molar-refractivity contribution in [3.63, 3.8) is 0 Å². The van der Waals surface area contributed by atoms with Crippen LogP contribution in [0.3, 0.4) is 0 Å². The largest absolute Gasteiger partial charge is 0.480 e. The van der Waals surface area contributed by atoms with Crippen LogP contribution in [-0.2, 0) is 0 Å². The van der Waals surface area contributed by atoms with Crippen molar-refractivity contribution in [1.82, 2.24) is 15.2 Å². The molecule has 0 fully saturated rings. The van der Waals surface area contributed by atoms with Crippen molar-refractivity contribution in [2.45, 2.75) is 0 Å². The van der Waals surface area contributed by atoms with Crippen LogP contribution in [0.5, 0.6) is 5.88 Å². The standard InChI is InChI=1S/C22H16F2N4O2/c1-30-22-15(3-2-10-25-22)21(29)26-20-11-16-18(27-28-19(16)12-17(20)24)9-6-13-4-7-14(23)8-5-13/h2-12H,1H3,(H,26,29)(H,27,28)/b9-6+. The van der Waals surface area contributed by atoms with Gasteiger partial charge in [0.05, 0.1) is 24.0 Å². The van der Waals surface area contributed by atoms with Crippen molar-refractivity contribution in [2.24, 2.45) is 0 Å². The van der Waals surface area contributed by atoms with Crippen LogP contribution in [0.25, 0.3) is 23.1 Å². The van der Waals surface area contributed by atoms with Gasteiger partial charge in [-0.15, -0.1) is 0 Å². The van der Waals surface area contributed by atoms with Gasteiger partial charge in [-0.25, -0.2) is 13.8 Å². The molecule has 4 aromatic rings. The predicted octanol–water partition coefficient (Wildman–Crippen LogP) is 4.67. The molecule has 2 aromatic carbocycles. The molecule has 0 saturated carbocycles. The van der Waals surface area contributed by atoms with E-state index >= 15 is 0 Å². The molecule has 6 nitrogen and oxygen atoms in total. The maximum Gasteiger partial charge on any atom is 0.261 e. The zero-order valence-corrected chi connectivity index (χ0v) is 15.8. The Morgan fingerprint density at radius 2 is 1.93 bits per heavy atom. The van der Waals surface area contributed by atoms with Crippen LogP contribution in [0, 0.1) is 11.6 Å². The van der Waals surface area contributed by atoms with E-state index in [4.69, 9.17) is 4.74 Å². The summed E-state index contributed by atoms with van der Waals surface area (Å²) in [6.07, 6.45) is 4.98. The normalized spacial score (nSPS) is 11.2. The molecule has 4 rings (SSSR count). The van der Waals surface area contributed by atoms with Crippen molar-refractivity contribution < 1.29 is 18.3 Å². The summed E-state index contributed by atoms with van der Waals surface area (Å²) in [4.78, 5) is 16.5. The van der Waals surface area contributed by atoms with E-state index in [0.717, 1.165) is 5.56 Å². The minimum absolute atomic E-state index is 0.00348. The van der Waals surface area contributed by atoms with Crippen LogP contribution in [0.4, 0.5) is 14.5 Å². The highest BCUT2D eigenvalue weighted by Crippen LogP contribution is 2.26. The Labute approximate surface area is 170 Å². The third-order valence-electron chi connectivity index (χ3n) is 4.44. The molecule has 2 aromatic heterocycles. The maximum atomic E-state index is 14.5. The quantitative estimate of drug-likeness (QED) is 0.505. The molecule has 2 N–H and O–H groups in total. The van der Waals surface area contributed by atoms with E-state index in [2.05, 4.69) is 20.5 Å². The van der Waals surface area contributed by atoms with E-state index < -0.39 is 11.7 Å². The number of carbonyl (C=O) groups excluding carboxylic acids is 1. The summed E-state index contributed by atoms with van der Waals surface area (Å²) in [5, 5.41) is 10.1. The second kappa shape index (κ2) is 8.12. The number of anilines is 1. The molecule has 0 unspecified atom stereocenters. The Balaban J connectivity index is 1.64. The lowest BCUT2D eigenvalue weighted by molar-refractivity contribution is 0.102. The number of methoxy groups -OCH3 is 1. The molecule has 30 heavy (non-hydrogen) atoms. The van der Waals surface area contributed by atoms with Crippen LogP contribution in [0.15, 0.2) is 54.7 Å². The molecule has 0 radical (unpaired) electrons. The maximum absolute atomic E-state index is 14.5. The van der Waals surface area contributed by atoms with Crippen molar-refractivity contribution in [3.8, 4) is 5.88 Å². The molecule has 0 aliphatic heterocycles. The van der Waals surface area contributed by atoms with Crippen molar-refractivity contribution in [1.29, 1.82) is 0 Å². The molecule has 0 aliphatic carbocycles. The van der Waals surface area contributed by atoms with Gasteiger partial charge in [0, 0.05) is 17.6 Å². The van der Waals surface area contributed by atoms with E-state index in [-0.39, 0.29) is 22.9 Å². The first-order valence-electron chi connectivity index (χ1n) is 8.97. The second-order valence-electron chi connectivity index (χ2n) is 6.39. The number of H-pyrrole nitrogens is 1. The Morgan fingerprint density at radius 1 is 1.13 bits per heavy atom. The summed E-state index contributed by atoms with van der Waals surface area (Å²) < 4.78 is 32.6. The molecule has 0 spiro atoms. The van der Waals surface area contributed by atoms with Gasteiger partial charge in [0.25, 0.3) is 5.91 Å². The number of nitrogens with one attached hydrogen (secondary N) is 2. The number of carbonyl (C=O) groups is 1. The van der Waals surface area contributed by atoms with E-state index in [1.807, 2.05) is 0 Å². The third-order valence-corrected chi connectivity index (χ3v) is 4.44. The van der Waals surface area contributed by atoms with Gasteiger partial charge in [0.2, 0.25) is 5.88 Å². The van der Waals surface area contributed by atoms with E-state index in [1.54, 1.807) is 30.4 Å². The average molecular weight is 406 g/mol. The fourth-order valence-electron chi connectivity index (χ4n) is 2.95. The smallest absolute Gasteiger partial charge is 0.261 e. The summed E-state index contributed by atoms with van der Waals surface area (Å²) in [5.41, 5.74) is 1.98. The number of nitrogens with zero attached hydrogens (tertiary/aromatic N) is 2. The number of aromatic nitrogens is 3. The Kier molecular flexibility index (Phi) is 5.21. The van der Waals surface area contributed by atoms with Gasteiger partial charge < -0.3 is 10.1 Å². The molecular weight excluding hydrogens is 390 g/mol. The van der Waals surface area contributed by atoms with Crippen LogP contribution < -0.4 is 10.1 Å². The fourth-order valence-corrected chi connectivity index (χ4v) is 2.95. The lowest BCUT2D eigenvalue weighted by Gasteiger charge is -2.09. The van der Waals surface area contributed by atoms with Gasteiger partial charge in [0.15, 0.2) is 0 Å². The molecule has 0 aliphatic rings. The second-order valence-corrected chi connectivity index (χ2v) is 6.39. The van der Waals surface area contributed by atoms with Crippen LogP contribution in [-0.4, -0.2) is 28.2 Å². The zero-order chi connectivity index (χ0) is 21.1. The molecule has 1 amide bonds. The molecule has 150 valence electrons. The molecular formula is C22H16F2N4O2. The Morgan fingerprint density at radius 3 is 2.70 bits per heavy atom. The summed E-state index contributed by atoms with van der Waals surface area (Å²) in [6, 6.07) is 11.9. The van der Waals surface area contributed by atoms with Crippen LogP contribution in [0.2, 0.25) is 0 Å². The minimum atomic E-state index is -0.614. The highest BCUT2D eigenvalue weighted by Gasteiger charge is 2.16. The first kappa shape index (κ1) is 19.3. The topological polar surface area (TPSA) is 79.9 Å². The highest BCUT2D eigenvalue weighted by molar-refractivity contribution is 6.07. The number of amides is 1. The monoisotopic (exact) mass is 406 g/mol. The first-order valence-corrected chi connectivity index (χ1v) is 8.97. The van der Waals surface area contributed by atoms with Crippen LogP contribution in [0.1, 0.15) is 21.6 Å². The van der Waals surface area contributed by atoms with E-state index in [9.17, 15) is 13.6 Å². The molecule has 0 bridgehead atoms. The van der Waals surface area contributed by atoms with E-state index in [1.165, 1.54) is 43.6 Å². The molecule has 2 heterocycles. The SMILES string of the molecule is COc1ncccc1C(=O)Nc1cc2c(/C=C/c3ccc(F)cc3)n[nH]c2cc1F. The number of benzene rings is 2. The van der Waals surface area contributed by atoms with Gasteiger partial charge in [-0.2, -0.15) is 5.10 Å². The number of fused-ring (bicyclic) bond motifs is 1. The summed E-state index contributed by atoms with van der Waals surface area (Å²) in [6.45, 7) is 0. The van der Waals surface area contributed by atoms with Gasteiger partial charge in [-0.05, 0) is 42.0 Å². The molecule has 8 heteroatoms. The summed E-state index contributed by atoms with van der Waals surface area (Å²) >= 11 is 0. The zero-order valence-electron chi connectivity index (χ0n) is 15.8. The molecule has 0 saturated heterocycles. The van der Waals surface area contributed by atoms with Gasteiger partial charge >= 0.3 is 0 Å². The third kappa shape index (κ3) is 3.88. The first-order chi connectivity index (χ1) is 14.5. The fraction of sp³-hybridized carbons (Fsp3) is 0.0455. The number of hydrogen-bond donors (Lipinski definition) is 2. The lowest BCUT2D eigenvalue weighted by Crippen LogP contribution is -2.14. The highest BCUT2D eigenvalue weighted by atomic mass is 19.1. The predicted molar refractivity (Wildman–Crippen MR) is 110 cm³/mol. The van der Waals surface area contributed by atoms with Crippen molar-refractivity contribution >= 4 is 34.6 Å². The average Bonchev–Trinajstić information content (AvgIpc) is 3.15.